The van der Waals surface area contributed by atoms with Crippen molar-refractivity contribution in [3.63, 3.8) is 0 Å². The molecule has 0 unspecified atom stereocenters. The SMILES string of the molecule is CC(C)N(CC(N)=O)C(=O)NCCCCC(=O)O. The Morgan fingerprint density at radius 3 is 2.33 bits per heavy atom. The Hall–Kier alpha value is -1.79. The van der Waals surface area contributed by atoms with Crippen LogP contribution in [0.3, 0.4) is 0 Å². The van der Waals surface area contributed by atoms with Gasteiger partial charge in [0, 0.05) is 19.0 Å². The largest absolute Gasteiger partial charge is 0.481 e. The number of unbranched alkanes of at least 4 members (excludes halogenated alkanes) is 1. The summed E-state index contributed by atoms with van der Waals surface area (Å²) in [5.41, 5.74) is 5.05. The topological polar surface area (TPSA) is 113 Å². The summed E-state index contributed by atoms with van der Waals surface area (Å²) in [6, 6.07) is -0.490. The fourth-order valence-corrected chi connectivity index (χ4v) is 1.35. The van der Waals surface area contributed by atoms with Crippen LogP contribution in [-0.2, 0) is 9.59 Å². The first-order chi connectivity index (χ1) is 8.34. The van der Waals surface area contributed by atoms with Gasteiger partial charge >= 0.3 is 12.0 Å². The molecule has 18 heavy (non-hydrogen) atoms. The summed E-state index contributed by atoms with van der Waals surface area (Å²) in [5.74, 6) is -1.41. The van der Waals surface area contributed by atoms with Crippen LogP contribution < -0.4 is 11.1 Å². The predicted octanol–water partition coefficient (Wildman–Crippen LogP) is 0.147. The second-order valence-corrected chi connectivity index (χ2v) is 4.27. The average Bonchev–Trinajstić information content (AvgIpc) is 2.24. The van der Waals surface area contributed by atoms with Gasteiger partial charge in [0.15, 0.2) is 0 Å². The normalized spacial score (nSPS) is 10.2. The number of hydrogen-bond acceptors (Lipinski definition) is 3. The number of primary amides is 1. The number of amides is 3. The third-order valence-electron chi connectivity index (χ3n) is 2.30. The van der Waals surface area contributed by atoms with Crippen molar-refractivity contribution >= 4 is 17.9 Å². The number of nitrogens with zero attached hydrogens (tertiary/aromatic N) is 1. The minimum atomic E-state index is -0.848. The van der Waals surface area contributed by atoms with Crippen LogP contribution in [0.5, 0.6) is 0 Å². The van der Waals surface area contributed by atoms with E-state index in [1.807, 2.05) is 0 Å². The molecule has 0 aliphatic carbocycles. The van der Waals surface area contributed by atoms with Gasteiger partial charge in [0.1, 0.15) is 6.54 Å². The summed E-state index contributed by atoms with van der Waals surface area (Å²) < 4.78 is 0. The Balaban J connectivity index is 3.96. The highest BCUT2D eigenvalue weighted by Gasteiger charge is 2.18. The molecule has 7 nitrogen and oxygen atoms in total. The van der Waals surface area contributed by atoms with E-state index in [0.29, 0.717) is 19.4 Å². The Morgan fingerprint density at radius 1 is 1.28 bits per heavy atom. The third-order valence-corrected chi connectivity index (χ3v) is 2.30. The molecule has 0 fully saturated rings. The van der Waals surface area contributed by atoms with Gasteiger partial charge in [0.25, 0.3) is 0 Å². The van der Waals surface area contributed by atoms with Gasteiger partial charge in [-0.15, -0.1) is 0 Å². The maximum absolute atomic E-state index is 11.7. The van der Waals surface area contributed by atoms with E-state index in [4.69, 9.17) is 10.8 Å². The van der Waals surface area contributed by atoms with E-state index in [1.165, 1.54) is 4.90 Å². The second-order valence-electron chi connectivity index (χ2n) is 4.27. The number of nitrogens with one attached hydrogen (secondary N) is 1. The first-order valence-electron chi connectivity index (χ1n) is 5.89. The van der Waals surface area contributed by atoms with Crippen LogP contribution in [-0.4, -0.2) is 47.0 Å². The number of urea groups is 1. The summed E-state index contributed by atoms with van der Waals surface area (Å²) in [4.78, 5) is 34.1. The zero-order valence-electron chi connectivity index (χ0n) is 10.8. The Bertz CT molecular complexity index is 305. The van der Waals surface area contributed by atoms with Crippen molar-refractivity contribution in [3.05, 3.63) is 0 Å². The maximum atomic E-state index is 11.7. The molecular formula is C11H21N3O4. The van der Waals surface area contributed by atoms with Crippen molar-refractivity contribution in [3.8, 4) is 0 Å². The van der Waals surface area contributed by atoms with E-state index in [1.54, 1.807) is 13.8 Å². The Morgan fingerprint density at radius 2 is 1.89 bits per heavy atom. The van der Waals surface area contributed by atoms with Crippen molar-refractivity contribution in [1.82, 2.24) is 10.2 Å². The molecule has 0 spiro atoms. The van der Waals surface area contributed by atoms with Crippen LogP contribution in [0.4, 0.5) is 4.79 Å². The molecule has 0 saturated carbocycles. The van der Waals surface area contributed by atoms with Crippen LogP contribution in [0.2, 0.25) is 0 Å². The Labute approximate surface area is 106 Å². The molecule has 3 amide bonds. The van der Waals surface area contributed by atoms with E-state index in [-0.39, 0.29) is 25.0 Å². The molecule has 0 radical (unpaired) electrons. The third kappa shape index (κ3) is 7.48. The lowest BCUT2D eigenvalue weighted by molar-refractivity contribution is -0.137. The van der Waals surface area contributed by atoms with Crippen LogP contribution >= 0.6 is 0 Å². The molecule has 0 bridgehead atoms. The zero-order chi connectivity index (χ0) is 14.1. The monoisotopic (exact) mass is 259 g/mol. The molecule has 0 aromatic rings. The van der Waals surface area contributed by atoms with Gasteiger partial charge in [-0.1, -0.05) is 0 Å². The van der Waals surface area contributed by atoms with Crippen molar-refractivity contribution in [2.45, 2.75) is 39.2 Å². The second kappa shape index (κ2) is 8.32. The molecule has 0 aromatic heterocycles. The number of hydrogen-bond donors (Lipinski definition) is 3. The Kier molecular flexibility index (Phi) is 7.50. The van der Waals surface area contributed by atoms with E-state index in [0.717, 1.165) is 0 Å². The molecule has 104 valence electrons. The molecule has 0 aliphatic rings. The van der Waals surface area contributed by atoms with Crippen molar-refractivity contribution in [2.24, 2.45) is 5.73 Å². The lowest BCUT2D eigenvalue weighted by Crippen LogP contribution is -2.48. The van der Waals surface area contributed by atoms with Gasteiger partial charge in [-0.25, -0.2) is 4.79 Å². The van der Waals surface area contributed by atoms with Crippen LogP contribution in [0.25, 0.3) is 0 Å². The lowest BCUT2D eigenvalue weighted by Gasteiger charge is -2.25. The molecule has 0 aromatic carbocycles. The standard InChI is InChI=1S/C11H21N3O4/c1-8(2)14(7-9(12)15)11(18)13-6-4-3-5-10(16)17/h8H,3-7H2,1-2H3,(H2,12,15)(H,13,18)(H,16,17). The summed E-state index contributed by atoms with van der Waals surface area (Å²) in [6.07, 6.45) is 1.18. The van der Waals surface area contributed by atoms with Gasteiger partial charge in [-0.3, -0.25) is 9.59 Å². The summed E-state index contributed by atoms with van der Waals surface area (Å²) in [7, 11) is 0. The van der Waals surface area contributed by atoms with Crippen molar-refractivity contribution in [1.29, 1.82) is 0 Å². The zero-order valence-corrected chi connectivity index (χ0v) is 10.8. The predicted molar refractivity (Wildman–Crippen MR) is 65.9 cm³/mol. The maximum Gasteiger partial charge on any atom is 0.318 e. The minimum absolute atomic E-state index is 0.0883. The molecule has 4 N–H and O–H groups in total. The van der Waals surface area contributed by atoms with E-state index in [9.17, 15) is 14.4 Å². The molecule has 0 rings (SSSR count). The number of carboxylic acids is 1. The van der Waals surface area contributed by atoms with E-state index < -0.39 is 11.9 Å². The molecule has 0 atom stereocenters. The van der Waals surface area contributed by atoms with Crippen LogP contribution in [0.1, 0.15) is 33.1 Å². The van der Waals surface area contributed by atoms with Gasteiger partial charge < -0.3 is 21.1 Å². The average molecular weight is 259 g/mol. The van der Waals surface area contributed by atoms with Gasteiger partial charge in [-0.05, 0) is 26.7 Å². The number of nitrogens with two attached hydrogens (primary N) is 1. The van der Waals surface area contributed by atoms with Crippen molar-refractivity contribution in [2.75, 3.05) is 13.1 Å². The molecule has 0 saturated heterocycles. The number of rotatable bonds is 8. The summed E-state index contributed by atoms with van der Waals surface area (Å²) >= 11 is 0. The number of carbonyl (C=O) groups excluding carboxylic acids is 2. The molecule has 0 aliphatic heterocycles. The van der Waals surface area contributed by atoms with Gasteiger partial charge in [-0.2, -0.15) is 0 Å². The summed E-state index contributed by atoms with van der Waals surface area (Å²) in [5, 5.41) is 11.1. The molecule has 7 heteroatoms. The van der Waals surface area contributed by atoms with Gasteiger partial charge in [0.05, 0.1) is 0 Å². The number of aliphatic carboxylic acids is 1. The van der Waals surface area contributed by atoms with Crippen LogP contribution in [0, 0.1) is 0 Å². The van der Waals surface area contributed by atoms with E-state index >= 15 is 0 Å². The van der Waals surface area contributed by atoms with E-state index in [2.05, 4.69) is 5.32 Å². The number of carbonyl (C=O) groups is 3. The fraction of sp³-hybridized carbons (Fsp3) is 0.727. The fourth-order valence-electron chi connectivity index (χ4n) is 1.35. The highest BCUT2D eigenvalue weighted by molar-refractivity contribution is 5.83. The number of carboxylic acid groups (broad SMARTS) is 1. The summed E-state index contributed by atoms with van der Waals surface area (Å²) in [6.45, 7) is 3.83. The lowest BCUT2D eigenvalue weighted by atomic mass is 10.2. The first-order valence-corrected chi connectivity index (χ1v) is 5.89. The van der Waals surface area contributed by atoms with Gasteiger partial charge in [0.2, 0.25) is 5.91 Å². The first kappa shape index (κ1) is 16.2. The van der Waals surface area contributed by atoms with Crippen LogP contribution in [0.15, 0.2) is 0 Å². The van der Waals surface area contributed by atoms with Crippen molar-refractivity contribution < 1.29 is 19.5 Å². The molecule has 0 heterocycles. The molecular weight excluding hydrogens is 238 g/mol. The smallest absolute Gasteiger partial charge is 0.318 e. The highest BCUT2D eigenvalue weighted by atomic mass is 16.4. The highest BCUT2D eigenvalue weighted by Crippen LogP contribution is 1.99. The minimum Gasteiger partial charge on any atom is -0.481 e. The quantitative estimate of drug-likeness (QED) is 0.538.